The van der Waals surface area contributed by atoms with E-state index < -0.39 is 59.0 Å². The molecule has 3 nitrogen and oxygen atoms in total. The van der Waals surface area contributed by atoms with E-state index in [-0.39, 0.29) is 6.61 Å². The number of benzene rings is 1. The van der Waals surface area contributed by atoms with Crippen LogP contribution in [0.25, 0.3) is 0 Å². The normalized spacial score (nSPS) is 16.1. The summed E-state index contributed by atoms with van der Waals surface area (Å²) in [5.74, 6) is -29.9. The molecule has 0 aliphatic heterocycles. The first-order valence-electron chi connectivity index (χ1n) is 8.24. The van der Waals surface area contributed by atoms with Gasteiger partial charge in [-0.15, -0.1) is 0 Å². The van der Waals surface area contributed by atoms with E-state index in [4.69, 9.17) is 0 Å². The molecule has 0 fully saturated rings. The Hall–Kier alpha value is -2.12. The number of alkyl halides is 11. The second-order valence-electron chi connectivity index (χ2n) is 6.64. The van der Waals surface area contributed by atoms with Crippen LogP contribution in [-0.4, -0.2) is 47.5 Å². The predicted molar refractivity (Wildman–Crippen MR) is 82.4 cm³/mol. The lowest BCUT2D eigenvalue weighted by atomic mass is 9.83. The van der Waals surface area contributed by atoms with Gasteiger partial charge in [0.2, 0.25) is 0 Å². The highest BCUT2D eigenvalue weighted by molar-refractivity contribution is 5.91. The average molecular weight is 476 g/mol. The van der Waals surface area contributed by atoms with Gasteiger partial charge in [-0.1, -0.05) is 18.2 Å². The second-order valence-corrected chi connectivity index (χ2v) is 6.64. The minimum atomic E-state index is -7.58. The van der Waals surface area contributed by atoms with Crippen LogP contribution in [0.3, 0.4) is 0 Å². The van der Waals surface area contributed by atoms with Crippen LogP contribution >= 0.6 is 0 Å². The van der Waals surface area contributed by atoms with E-state index in [9.17, 15) is 58.2 Å². The third-order valence-electron chi connectivity index (χ3n) is 4.17. The van der Waals surface area contributed by atoms with Gasteiger partial charge in [0, 0.05) is 0 Å². The molecule has 14 heteroatoms. The molecule has 0 aliphatic carbocycles. The van der Waals surface area contributed by atoms with Crippen molar-refractivity contribution in [1.29, 1.82) is 0 Å². The van der Waals surface area contributed by atoms with E-state index in [1.54, 1.807) is 0 Å². The average Bonchev–Trinajstić information content (AvgIpc) is 2.59. The minimum Gasteiger partial charge on any atom is -0.462 e. The zero-order valence-corrected chi connectivity index (χ0v) is 15.6. The molecule has 1 rings (SSSR count). The van der Waals surface area contributed by atoms with Crippen molar-refractivity contribution < 1.29 is 62.9 Å². The summed E-state index contributed by atoms with van der Waals surface area (Å²) in [6, 6.07) is 3.80. The van der Waals surface area contributed by atoms with Gasteiger partial charge in [0.15, 0.2) is 0 Å². The quantitative estimate of drug-likeness (QED) is 0.395. The maximum absolute atomic E-state index is 14.1. The van der Waals surface area contributed by atoms with Crippen molar-refractivity contribution >= 4 is 5.97 Å². The summed E-state index contributed by atoms with van der Waals surface area (Å²) in [4.78, 5) is 11.9. The number of rotatable bonds is 8. The van der Waals surface area contributed by atoms with E-state index in [2.05, 4.69) is 4.74 Å². The van der Waals surface area contributed by atoms with E-state index >= 15 is 0 Å². The standard InChI is InChI=1S/C17H15F11O3/c1-3-31-11(29)9-6-4-5-7-10(9)12(2,30)8-13(18,19)14(20,21)15(22,23)16(24,25)17(26,27)28/h4-7,30H,3,8H2,1-2H3. The highest BCUT2D eigenvalue weighted by Crippen LogP contribution is 2.59. The Morgan fingerprint density at radius 1 is 0.871 bits per heavy atom. The summed E-state index contributed by atoms with van der Waals surface area (Å²) in [5, 5.41) is 10.2. The summed E-state index contributed by atoms with van der Waals surface area (Å²) in [5.41, 5.74) is -4.75. The molecule has 178 valence electrons. The molecule has 1 N–H and O–H groups in total. The van der Waals surface area contributed by atoms with E-state index in [0.717, 1.165) is 24.3 Å². The van der Waals surface area contributed by atoms with Crippen molar-refractivity contribution in [3.63, 3.8) is 0 Å². The molecule has 0 radical (unpaired) electrons. The molecule has 0 saturated heterocycles. The molecule has 0 saturated carbocycles. The Bertz CT molecular complexity index is 801. The predicted octanol–water partition coefficient (Wildman–Crippen LogP) is 5.56. The molecule has 0 amide bonds. The molecule has 0 heterocycles. The van der Waals surface area contributed by atoms with Gasteiger partial charge < -0.3 is 9.84 Å². The van der Waals surface area contributed by atoms with Crippen molar-refractivity contribution in [3.05, 3.63) is 35.4 Å². The smallest absolute Gasteiger partial charge is 0.460 e. The molecule has 1 unspecified atom stereocenters. The highest BCUT2D eigenvalue weighted by Gasteiger charge is 2.87. The maximum atomic E-state index is 14.1. The second kappa shape index (κ2) is 8.10. The van der Waals surface area contributed by atoms with Gasteiger partial charge in [-0.25, -0.2) is 4.79 Å². The summed E-state index contributed by atoms with van der Waals surface area (Å²) in [6.45, 7) is 1.44. The fourth-order valence-corrected chi connectivity index (χ4v) is 2.58. The first-order valence-corrected chi connectivity index (χ1v) is 8.24. The summed E-state index contributed by atoms with van der Waals surface area (Å²) in [6.07, 6.45) is -10.0. The molecule has 31 heavy (non-hydrogen) atoms. The molecule has 0 aromatic heterocycles. The lowest BCUT2D eigenvalue weighted by molar-refractivity contribution is -0.424. The van der Waals surface area contributed by atoms with Crippen molar-refractivity contribution in [1.82, 2.24) is 0 Å². The van der Waals surface area contributed by atoms with Gasteiger partial charge in [-0.2, -0.15) is 48.3 Å². The van der Waals surface area contributed by atoms with E-state index in [1.165, 1.54) is 6.92 Å². The van der Waals surface area contributed by atoms with Gasteiger partial charge in [0.05, 0.1) is 24.2 Å². The monoisotopic (exact) mass is 476 g/mol. The van der Waals surface area contributed by atoms with E-state index in [1.807, 2.05) is 0 Å². The van der Waals surface area contributed by atoms with Crippen LogP contribution in [0.4, 0.5) is 48.3 Å². The van der Waals surface area contributed by atoms with Gasteiger partial charge in [0.1, 0.15) is 0 Å². The summed E-state index contributed by atoms with van der Waals surface area (Å²) >= 11 is 0. The maximum Gasteiger partial charge on any atom is 0.460 e. The number of carbonyl (C=O) groups excluding carboxylic acids is 1. The topological polar surface area (TPSA) is 46.5 Å². The van der Waals surface area contributed by atoms with Gasteiger partial charge in [-0.3, -0.25) is 0 Å². The van der Waals surface area contributed by atoms with Gasteiger partial charge >= 0.3 is 35.8 Å². The van der Waals surface area contributed by atoms with Crippen LogP contribution in [-0.2, 0) is 10.3 Å². The SMILES string of the molecule is CCOC(=O)c1ccccc1C(C)(O)CC(F)(F)C(F)(F)C(F)(F)C(F)(F)C(F)(F)F. The lowest BCUT2D eigenvalue weighted by Gasteiger charge is -2.39. The fourth-order valence-electron chi connectivity index (χ4n) is 2.58. The largest absolute Gasteiger partial charge is 0.462 e. The molecule has 0 bridgehead atoms. The zero-order chi connectivity index (χ0) is 24.7. The molecule has 1 aromatic rings. The molecule has 0 aliphatic rings. The fraction of sp³-hybridized carbons (Fsp3) is 0.588. The lowest BCUT2D eigenvalue weighted by Crippen LogP contribution is -2.67. The van der Waals surface area contributed by atoms with Crippen LogP contribution in [0, 0.1) is 0 Å². The molecule has 0 spiro atoms. The zero-order valence-electron chi connectivity index (χ0n) is 15.6. The molecular formula is C17H15F11O3. The Kier molecular flexibility index (Phi) is 7.03. The third-order valence-corrected chi connectivity index (χ3v) is 4.17. The van der Waals surface area contributed by atoms with Crippen molar-refractivity contribution in [2.24, 2.45) is 0 Å². The Morgan fingerprint density at radius 2 is 1.35 bits per heavy atom. The number of ether oxygens (including phenoxy) is 1. The van der Waals surface area contributed by atoms with Crippen LogP contribution in [0.5, 0.6) is 0 Å². The van der Waals surface area contributed by atoms with Crippen LogP contribution in [0.1, 0.15) is 36.2 Å². The van der Waals surface area contributed by atoms with Gasteiger partial charge in [0.25, 0.3) is 0 Å². The Labute approximate surface area is 167 Å². The number of carbonyl (C=O) groups is 1. The highest BCUT2D eigenvalue weighted by atomic mass is 19.4. The number of aliphatic hydroxyl groups is 1. The Morgan fingerprint density at radius 3 is 1.81 bits per heavy atom. The van der Waals surface area contributed by atoms with Crippen LogP contribution < -0.4 is 0 Å². The summed E-state index contributed by atoms with van der Waals surface area (Å²) < 4.78 is 149. The third kappa shape index (κ3) is 4.58. The Balaban J connectivity index is 3.46. The molecular weight excluding hydrogens is 461 g/mol. The van der Waals surface area contributed by atoms with Crippen molar-refractivity contribution in [2.45, 2.75) is 55.7 Å². The van der Waals surface area contributed by atoms with Crippen LogP contribution in [0.15, 0.2) is 24.3 Å². The molecule has 1 aromatic carbocycles. The van der Waals surface area contributed by atoms with E-state index in [0.29, 0.717) is 6.92 Å². The minimum absolute atomic E-state index is 0.248. The first-order chi connectivity index (χ1) is 13.7. The number of hydrogen-bond acceptors (Lipinski definition) is 3. The number of halogens is 11. The van der Waals surface area contributed by atoms with Gasteiger partial charge in [-0.05, 0) is 25.5 Å². The number of hydrogen-bond donors (Lipinski definition) is 1. The van der Waals surface area contributed by atoms with Crippen LogP contribution in [0.2, 0.25) is 0 Å². The van der Waals surface area contributed by atoms with Crippen molar-refractivity contribution in [2.75, 3.05) is 6.61 Å². The van der Waals surface area contributed by atoms with Crippen molar-refractivity contribution in [3.8, 4) is 0 Å². The summed E-state index contributed by atoms with van der Waals surface area (Å²) in [7, 11) is 0. The number of esters is 1. The first kappa shape index (κ1) is 26.9. The molecule has 1 atom stereocenters.